The van der Waals surface area contributed by atoms with E-state index in [0.717, 1.165) is 25.9 Å². The number of nitrogens with one attached hydrogen (secondary N) is 1. The highest BCUT2D eigenvalue weighted by Crippen LogP contribution is 2.31. The number of rotatable bonds is 2. The van der Waals surface area contributed by atoms with Crippen LogP contribution in [0.15, 0.2) is 24.3 Å². The minimum atomic E-state index is -0.106. The average molecular weight is 274 g/mol. The first-order valence-corrected chi connectivity index (χ1v) is 7.34. The summed E-state index contributed by atoms with van der Waals surface area (Å²) in [5.74, 6) is 0.124. The number of ether oxygens (including phenoxy) is 1. The maximum Gasteiger partial charge on any atom is 0.249 e. The van der Waals surface area contributed by atoms with Crippen LogP contribution < -0.4 is 5.32 Å². The van der Waals surface area contributed by atoms with E-state index in [-0.39, 0.29) is 18.1 Å². The number of amides is 1. The van der Waals surface area contributed by atoms with Crippen LogP contribution in [0.2, 0.25) is 0 Å². The topological polar surface area (TPSA) is 41.6 Å². The number of benzene rings is 1. The van der Waals surface area contributed by atoms with Gasteiger partial charge in [0.25, 0.3) is 0 Å². The number of piperidine rings is 1. The van der Waals surface area contributed by atoms with E-state index in [1.807, 2.05) is 0 Å². The number of morpholine rings is 1. The van der Waals surface area contributed by atoms with E-state index in [9.17, 15) is 4.79 Å². The Labute approximate surface area is 120 Å². The first kappa shape index (κ1) is 13.6. The van der Waals surface area contributed by atoms with E-state index in [0.29, 0.717) is 13.2 Å². The molecule has 2 aliphatic rings. The van der Waals surface area contributed by atoms with Gasteiger partial charge in [-0.05, 0) is 38.4 Å². The van der Waals surface area contributed by atoms with Crippen LogP contribution in [0.5, 0.6) is 0 Å². The van der Waals surface area contributed by atoms with Crippen molar-refractivity contribution in [2.75, 3.05) is 26.3 Å². The summed E-state index contributed by atoms with van der Waals surface area (Å²) in [7, 11) is 0. The van der Waals surface area contributed by atoms with Gasteiger partial charge in [0, 0.05) is 6.54 Å². The van der Waals surface area contributed by atoms with Crippen molar-refractivity contribution in [3.05, 3.63) is 35.4 Å². The molecule has 2 fully saturated rings. The molecule has 0 atom stereocenters. The van der Waals surface area contributed by atoms with Crippen molar-refractivity contribution in [3.8, 4) is 0 Å². The molecule has 0 radical (unpaired) electrons. The molecule has 2 aliphatic heterocycles. The van der Waals surface area contributed by atoms with E-state index >= 15 is 0 Å². The zero-order chi connectivity index (χ0) is 14.0. The smallest absolute Gasteiger partial charge is 0.249 e. The van der Waals surface area contributed by atoms with Crippen LogP contribution in [0, 0.1) is 6.92 Å². The molecule has 3 rings (SSSR count). The molecule has 4 nitrogen and oxygen atoms in total. The van der Waals surface area contributed by atoms with Crippen molar-refractivity contribution in [1.82, 2.24) is 10.2 Å². The second-order valence-electron chi connectivity index (χ2n) is 5.93. The number of aryl methyl sites for hydroxylation is 1. The predicted octanol–water partition coefficient (Wildman–Crippen LogP) is 1.48. The van der Waals surface area contributed by atoms with Gasteiger partial charge in [0.15, 0.2) is 0 Å². The molecule has 1 amide bonds. The van der Waals surface area contributed by atoms with Crippen molar-refractivity contribution in [2.45, 2.75) is 31.8 Å². The summed E-state index contributed by atoms with van der Waals surface area (Å²) in [5.41, 5.74) is 2.34. The van der Waals surface area contributed by atoms with Gasteiger partial charge in [0.2, 0.25) is 5.91 Å². The minimum Gasteiger partial charge on any atom is -0.369 e. The van der Waals surface area contributed by atoms with Crippen molar-refractivity contribution in [3.63, 3.8) is 0 Å². The van der Waals surface area contributed by atoms with Gasteiger partial charge in [0.05, 0.1) is 12.1 Å². The van der Waals surface area contributed by atoms with Crippen LogP contribution >= 0.6 is 0 Å². The highest BCUT2D eigenvalue weighted by Gasteiger charge is 2.43. The molecule has 1 aromatic carbocycles. The van der Waals surface area contributed by atoms with Crippen LogP contribution in [-0.4, -0.2) is 42.6 Å². The average Bonchev–Trinajstić information content (AvgIpc) is 2.46. The summed E-state index contributed by atoms with van der Waals surface area (Å²) in [6.45, 7) is 5.59. The third-order valence-electron chi connectivity index (χ3n) is 4.47. The molecule has 0 aromatic heterocycles. The molecule has 1 aromatic rings. The van der Waals surface area contributed by atoms with E-state index in [4.69, 9.17) is 4.74 Å². The van der Waals surface area contributed by atoms with Crippen LogP contribution in [0.1, 0.15) is 24.0 Å². The van der Waals surface area contributed by atoms with Crippen LogP contribution in [0.25, 0.3) is 0 Å². The van der Waals surface area contributed by atoms with Gasteiger partial charge in [-0.1, -0.05) is 29.8 Å². The fraction of sp³-hybridized carbons (Fsp3) is 0.562. The van der Waals surface area contributed by atoms with Gasteiger partial charge in [-0.2, -0.15) is 0 Å². The number of carbonyl (C=O) groups is 1. The summed E-state index contributed by atoms with van der Waals surface area (Å²) in [6, 6.07) is 8.45. The monoisotopic (exact) mass is 274 g/mol. The Bertz CT molecular complexity index is 472. The first-order valence-electron chi connectivity index (χ1n) is 7.34. The molecule has 20 heavy (non-hydrogen) atoms. The van der Waals surface area contributed by atoms with Gasteiger partial charge in [0.1, 0.15) is 6.61 Å². The Kier molecular flexibility index (Phi) is 3.76. The predicted molar refractivity (Wildman–Crippen MR) is 77.4 cm³/mol. The molecule has 0 bridgehead atoms. The zero-order valence-electron chi connectivity index (χ0n) is 12.0. The van der Waals surface area contributed by atoms with Gasteiger partial charge < -0.3 is 15.0 Å². The number of nitrogens with zero attached hydrogens (tertiary/aromatic N) is 1. The number of carbonyl (C=O) groups excluding carboxylic acids is 1. The first-order chi connectivity index (χ1) is 9.70. The summed E-state index contributed by atoms with van der Waals surface area (Å²) < 4.78 is 5.54. The van der Waals surface area contributed by atoms with Crippen molar-refractivity contribution in [2.24, 2.45) is 0 Å². The molecule has 4 heteroatoms. The molecule has 0 saturated carbocycles. The summed E-state index contributed by atoms with van der Waals surface area (Å²) in [4.78, 5) is 14.4. The maximum atomic E-state index is 12.3. The lowest BCUT2D eigenvalue weighted by molar-refractivity contribution is -0.162. The van der Waals surface area contributed by atoms with Crippen LogP contribution in [0.3, 0.4) is 0 Å². The summed E-state index contributed by atoms with van der Waals surface area (Å²) >= 11 is 0. The molecule has 2 heterocycles. The zero-order valence-corrected chi connectivity index (χ0v) is 12.0. The van der Waals surface area contributed by atoms with E-state index in [1.165, 1.54) is 11.1 Å². The number of hydrogen-bond donors (Lipinski definition) is 1. The Morgan fingerprint density at radius 1 is 1.25 bits per heavy atom. The van der Waals surface area contributed by atoms with Gasteiger partial charge in [-0.15, -0.1) is 0 Å². The van der Waals surface area contributed by atoms with Crippen molar-refractivity contribution >= 4 is 5.91 Å². The molecule has 108 valence electrons. The van der Waals surface area contributed by atoms with Crippen LogP contribution in [0.4, 0.5) is 0 Å². The number of hydrogen-bond acceptors (Lipinski definition) is 3. The SMILES string of the molecule is Cc1ccc(CN2C(=O)COCC23CCNCC3)cc1. The van der Waals surface area contributed by atoms with Crippen LogP contribution in [-0.2, 0) is 16.1 Å². The second kappa shape index (κ2) is 5.54. The second-order valence-corrected chi connectivity index (χ2v) is 5.93. The van der Waals surface area contributed by atoms with Gasteiger partial charge in [-0.25, -0.2) is 0 Å². The molecular weight excluding hydrogens is 252 g/mol. The maximum absolute atomic E-state index is 12.3. The highest BCUT2D eigenvalue weighted by molar-refractivity contribution is 5.79. The quantitative estimate of drug-likeness (QED) is 0.888. The third-order valence-corrected chi connectivity index (χ3v) is 4.47. The lowest BCUT2D eigenvalue weighted by Crippen LogP contribution is -2.62. The lowest BCUT2D eigenvalue weighted by atomic mass is 9.85. The third kappa shape index (κ3) is 2.58. The highest BCUT2D eigenvalue weighted by atomic mass is 16.5. The van der Waals surface area contributed by atoms with E-state index in [2.05, 4.69) is 41.4 Å². The summed E-state index contributed by atoms with van der Waals surface area (Å²) in [5, 5.41) is 3.37. The minimum absolute atomic E-state index is 0.106. The summed E-state index contributed by atoms with van der Waals surface area (Å²) in [6.07, 6.45) is 1.95. The van der Waals surface area contributed by atoms with E-state index in [1.54, 1.807) is 0 Å². The standard InChI is InChI=1S/C16H22N2O2/c1-13-2-4-14(5-3-13)10-18-15(19)11-20-12-16(18)6-8-17-9-7-16/h2-5,17H,6-12H2,1H3. The molecular formula is C16H22N2O2. The van der Waals surface area contributed by atoms with E-state index < -0.39 is 0 Å². The molecule has 0 unspecified atom stereocenters. The molecule has 1 N–H and O–H groups in total. The Morgan fingerprint density at radius 3 is 2.65 bits per heavy atom. The Balaban J connectivity index is 1.82. The van der Waals surface area contributed by atoms with Gasteiger partial charge in [-0.3, -0.25) is 4.79 Å². The molecule has 1 spiro atoms. The Hall–Kier alpha value is -1.39. The van der Waals surface area contributed by atoms with Gasteiger partial charge >= 0.3 is 0 Å². The largest absolute Gasteiger partial charge is 0.369 e. The lowest BCUT2D eigenvalue weighted by Gasteiger charge is -2.49. The normalized spacial score (nSPS) is 22.2. The fourth-order valence-electron chi connectivity index (χ4n) is 3.19. The van der Waals surface area contributed by atoms with Crippen molar-refractivity contribution < 1.29 is 9.53 Å². The Morgan fingerprint density at radius 2 is 1.95 bits per heavy atom. The molecule has 2 saturated heterocycles. The van der Waals surface area contributed by atoms with Crippen molar-refractivity contribution in [1.29, 1.82) is 0 Å². The molecule has 0 aliphatic carbocycles. The fourth-order valence-corrected chi connectivity index (χ4v) is 3.19.